The smallest absolute Gasteiger partial charge is 0.202 e. The minimum Gasteiger partial charge on any atom is -0.359 e. The van der Waals surface area contributed by atoms with Crippen LogP contribution < -0.4 is 0 Å². The second-order valence-electron chi connectivity index (χ2n) is 1.69. The van der Waals surface area contributed by atoms with E-state index >= 15 is 0 Å². The summed E-state index contributed by atoms with van der Waals surface area (Å²) in [5.41, 5.74) is 0. The highest BCUT2D eigenvalue weighted by Gasteiger charge is 2.14. The van der Waals surface area contributed by atoms with Crippen molar-refractivity contribution in [1.29, 1.82) is 0 Å². The molecule has 2 N–H and O–H groups in total. The molecule has 0 aromatic heterocycles. The van der Waals surface area contributed by atoms with Gasteiger partial charge in [-0.05, 0) is 12.2 Å². The Morgan fingerprint density at radius 1 is 1.00 bits per heavy atom. The van der Waals surface area contributed by atoms with Crippen LogP contribution in [0.25, 0.3) is 0 Å². The van der Waals surface area contributed by atoms with Gasteiger partial charge in [-0.3, -0.25) is 0 Å². The minimum atomic E-state index is -1.71. The summed E-state index contributed by atoms with van der Waals surface area (Å²) in [5, 5.41) is 17.5. The SMILES string of the molecule is OC1(O)C=C[CH]C=C1. The molecule has 0 heterocycles. The summed E-state index contributed by atoms with van der Waals surface area (Å²) < 4.78 is 0. The quantitative estimate of drug-likeness (QED) is 0.432. The van der Waals surface area contributed by atoms with E-state index < -0.39 is 5.79 Å². The van der Waals surface area contributed by atoms with E-state index in [0.29, 0.717) is 0 Å². The Morgan fingerprint density at radius 2 is 1.50 bits per heavy atom. The molecule has 0 aromatic rings. The van der Waals surface area contributed by atoms with E-state index in [4.69, 9.17) is 10.2 Å². The Bertz CT molecular complexity index is 119. The van der Waals surface area contributed by atoms with Gasteiger partial charge in [-0.15, -0.1) is 0 Å². The van der Waals surface area contributed by atoms with E-state index in [9.17, 15) is 0 Å². The maximum atomic E-state index is 8.74. The summed E-state index contributed by atoms with van der Waals surface area (Å²) in [6.45, 7) is 0. The molecule has 0 saturated carbocycles. The molecule has 0 atom stereocenters. The fourth-order valence-electron chi connectivity index (χ4n) is 0.514. The second-order valence-corrected chi connectivity index (χ2v) is 1.69. The third-order valence-corrected chi connectivity index (χ3v) is 0.905. The average Bonchev–Trinajstić information content (AvgIpc) is 1.65. The fourth-order valence-corrected chi connectivity index (χ4v) is 0.514. The zero-order valence-electron chi connectivity index (χ0n) is 4.28. The number of hydrogen-bond donors (Lipinski definition) is 2. The molecule has 2 nitrogen and oxygen atoms in total. The maximum Gasteiger partial charge on any atom is 0.202 e. The largest absolute Gasteiger partial charge is 0.359 e. The van der Waals surface area contributed by atoms with Crippen molar-refractivity contribution in [1.82, 2.24) is 0 Å². The van der Waals surface area contributed by atoms with Gasteiger partial charge in [-0.25, -0.2) is 0 Å². The van der Waals surface area contributed by atoms with Crippen molar-refractivity contribution < 1.29 is 10.2 Å². The second kappa shape index (κ2) is 1.73. The lowest BCUT2D eigenvalue weighted by atomic mass is 10.1. The highest BCUT2D eigenvalue weighted by molar-refractivity contribution is 5.22. The average molecular weight is 111 g/mol. The Morgan fingerprint density at radius 3 is 1.75 bits per heavy atom. The summed E-state index contributed by atoms with van der Waals surface area (Å²) in [5.74, 6) is -1.71. The molecule has 0 spiro atoms. The molecule has 1 aliphatic rings. The van der Waals surface area contributed by atoms with Crippen LogP contribution in [0, 0.1) is 6.42 Å². The van der Waals surface area contributed by atoms with Crippen LogP contribution in [0.1, 0.15) is 0 Å². The van der Waals surface area contributed by atoms with Gasteiger partial charge in [0, 0.05) is 6.42 Å². The number of rotatable bonds is 0. The van der Waals surface area contributed by atoms with Crippen LogP contribution in [0.5, 0.6) is 0 Å². The van der Waals surface area contributed by atoms with Gasteiger partial charge in [0.1, 0.15) is 0 Å². The van der Waals surface area contributed by atoms with Crippen LogP contribution in [0.2, 0.25) is 0 Å². The Balaban J connectivity index is 2.69. The van der Waals surface area contributed by atoms with E-state index in [0.717, 1.165) is 0 Å². The highest BCUT2D eigenvalue weighted by atomic mass is 16.5. The molecule has 0 aliphatic heterocycles. The molecule has 0 fully saturated rings. The summed E-state index contributed by atoms with van der Waals surface area (Å²) >= 11 is 0. The maximum absolute atomic E-state index is 8.74. The Labute approximate surface area is 47.8 Å². The van der Waals surface area contributed by atoms with Gasteiger partial charge in [0.05, 0.1) is 0 Å². The monoisotopic (exact) mass is 111 g/mol. The van der Waals surface area contributed by atoms with Crippen molar-refractivity contribution in [3.63, 3.8) is 0 Å². The summed E-state index contributed by atoms with van der Waals surface area (Å²) in [6.07, 6.45) is 7.49. The lowest BCUT2D eigenvalue weighted by Gasteiger charge is -2.13. The van der Waals surface area contributed by atoms with Crippen LogP contribution in [0.3, 0.4) is 0 Å². The summed E-state index contributed by atoms with van der Waals surface area (Å²) in [4.78, 5) is 0. The molecular weight excluding hydrogens is 104 g/mol. The first-order chi connectivity index (χ1) is 3.71. The third kappa shape index (κ3) is 1.18. The summed E-state index contributed by atoms with van der Waals surface area (Å²) in [6, 6.07) is 0. The van der Waals surface area contributed by atoms with Crippen LogP contribution >= 0.6 is 0 Å². The molecule has 0 saturated heterocycles. The van der Waals surface area contributed by atoms with Crippen LogP contribution in [0.4, 0.5) is 0 Å². The van der Waals surface area contributed by atoms with Crippen molar-refractivity contribution in [3.8, 4) is 0 Å². The first kappa shape index (κ1) is 5.54. The first-order valence-electron chi connectivity index (χ1n) is 2.36. The molecule has 0 aromatic carbocycles. The van der Waals surface area contributed by atoms with Crippen LogP contribution in [-0.4, -0.2) is 16.0 Å². The molecule has 43 valence electrons. The molecule has 8 heavy (non-hydrogen) atoms. The lowest BCUT2D eigenvalue weighted by Crippen LogP contribution is -2.22. The standard InChI is InChI=1S/C6H7O2/c7-6(8)4-2-1-3-5-6/h1-5,7-8H. The number of aliphatic hydroxyl groups is 2. The van der Waals surface area contributed by atoms with E-state index in [2.05, 4.69) is 0 Å². The molecule has 0 bridgehead atoms. The number of hydrogen-bond acceptors (Lipinski definition) is 2. The fraction of sp³-hybridized carbons (Fsp3) is 0.167. The van der Waals surface area contributed by atoms with Gasteiger partial charge < -0.3 is 10.2 Å². The third-order valence-electron chi connectivity index (χ3n) is 0.905. The van der Waals surface area contributed by atoms with Crippen molar-refractivity contribution in [3.05, 3.63) is 30.7 Å². The van der Waals surface area contributed by atoms with Gasteiger partial charge in [0.15, 0.2) is 0 Å². The minimum absolute atomic E-state index is 1.30. The summed E-state index contributed by atoms with van der Waals surface area (Å²) in [7, 11) is 0. The Kier molecular flexibility index (Phi) is 1.19. The molecule has 2 heteroatoms. The van der Waals surface area contributed by atoms with E-state index in [1.807, 2.05) is 0 Å². The van der Waals surface area contributed by atoms with Crippen LogP contribution in [0.15, 0.2) is 24.3 Å². The van der Waals surface area contributed by atoms with Gasteiger partial charge in [0.2, 0.25) is 5.79 Å². The van der Waals surface area contributed by atoms with Gasteiger partial charge in [-0.2, -0.15) is 0 Å². The zero-order valence-corrected chi connectivity index (χ0v) is 4.28. The molecular formula is C6H7O2. The first-order valence-corrected chi connectivity index (χ1v) is 2.36. The van der Waals surface area contributed by atoms with Crippen LogP contribution in [-0.2, 0) is 0 Å². The predicted molar refractivity (Wildman–Crippen MR) is 29.7 cm³/mol. The number of allylic oxidation sites excluding steroid dienone is 2. The van der Waals surface area contributed by atoms with E-state index in [1.54, 1.807) is 18.6 Å². The van der Waals surface area contributed by atoms with E-state index in [1.165, 1.54) is 12.2 Å². The van der Waals surface area contributed by atoms with Gasteiger partial charge in [-0.1, -0.05) is 12.2 Å². The Hall–Kier alpha value is -0.600. The van der Waals surface area contributed by atoms with Crippen molar-refractivity contribution in [2.75, 3.05) is 0 Å². The molecule has 1 aliphatic carbocycles. The zero-order chi connectivity index (χ0) is 6.04. The molecule has 0 unspecified atom stereocenters. The lowest BCUT2D eigenvalue weighted by molar-refractivity contribution is -0.0747. The van der Waals surface area contributed by atoms with Gasteiger partial charge >= 0.3 is 0 Å². The van der Waals surface area contributed by atoms with Crippen molar-refractivity contribution in [2.45, 2.75) is 5.79 Å². The normalized spacial score (nSPS) is 23.8. The molecule has 1 rings (SSSR count). The van der Waals surface area contributed by atoms with E-state index in [-0.39, 0.29) is 0 Å². The predicted octanol–water partition coefficient (Wildman–Crippen LogP) is -0.00241. The van der Waals surface area contributed by atoms with Crippen molar-refractivity contribution >= 4 is 0 Å². The molecule has 1 radical (unpaired) electrons. The molecule has 0 amide bonds. The van der Waals surface area contributed by atoms with Crippen molar-refractivity contribution in [2.24, 2.45) is 0 Å². The topological polar surface area (TPSA) is 40.5 Å². The highest BCUT2D eigenvalue weighted by Crippen LogP contribution is 2.09. The van der Waals surface area contributed by atoms with Gasteiger partial charge in [0.25, 0.3) is 0 Å².